The molecular weight excluding hydrogens is 330 g/mol. The van der Waals surface area contributed by atoms with Crippen LogP contribution in [0.1, 0.15) is 42.6 Å². The lowest BCUT2D eigenvalue weighted by Gasteiger charge is -2.32. The highest BCUT2D eigenvalue weighted by molar-refractivity contribution is 5.99. The topological polar surface area (TPSA) is 63.0 Å². The van der Waals surface area contributed by atoms with E-state index in [0.717, 1.165) is 51.1 Å². The third kappa shape index (κ3) is 4.04. The quantitative estimate of drug-likeness (QED) is 0.757. The smallest absolute Gasteiger partial charge is 0.259 e. The Morgan fingerprint density at radius 3 is 2.88 bits per heavy atom. The van der Waals surface area contributed by atoms with Gasteiger partial charge in [0.1, 0.15) is 5.56 Å². The summed E-state index contributed by atoms with van der Waals surface area (Å²) >= 11 is 0. The molecule has 1 fully saturated rings. The van der Waals surface area contributed by atoms with Crippen molar-refractivity contribution in [1.82, 2.24) is 24.4 Å². The SMILES string of the molecule is CCN(CC)Cc1cnc2c(C(=O)N3CCCC(COC)C3)cnn2c1. The van der Waals surface area contributed by atoms with E-state index in [9.17, 15) is 4.79 Å². The molecule has 1 aliphatic rings. The molecule has 7 heteroatoms. The molecule has 142 valence electrons. The molecule has 3 heterocycles. The Morgan fingerprint density at radius 1 is 1.35 bits per heavy atom. The Morgan fingerprint density at radius 2 is 2.15 bits per heavy atom. The zero-order valence-corrected chi connectivity index (χ0v) is 16.0. The van der Waals surface area contributed by atoms with Crippen molar-refractivity contribution in [2.75, 3.05) is 39.9 Å². The van der Waals surface area contributed by atoms with Crippen molar-refractivity contribution in [3.8, 4) is 0 Å². The summed E-state index contributed by atoms with van der Waals surface area (Å²) in [4.78, 5) is 21.7. The summed E-state index contributed by atoms with van der Waals surface area (Å²) in [6, 6.07) is 0. The minimum absolute atomic E-state index is 0.0183. The van der Waals surface area contributed by atoms with Crippen molar-refractivity contribution in [3.05, 3.63) is 29.7 Å². The number of amides is 1. The summed E-state index contributed by atoms with van der Waals surface area (Å²) in [6.45, 7) is 9.35. The second kappa shape index (κ2) is 8.60. The van der Waals surface area contributed by atoms with E-state index < -0.39 is 0 Å². The minimum atomic E-state index is 0.0183. The van der Waals surface area contributed by atoms with E-state index >= 15 is 0 Å². The molecule has 26 heavy (non-hydrogen) atoms. The zero-order valence-electron chi connectivity index (χ0n) is 16.0. The van der Waals surface area contributed by atoms with Crippen LogP contribution >= 0.6 is 0 Å². The molecule has 1 amide bonds. The predicted molar refractivity (Wildman–Crippen MR) is 100 cm³/mol. The van der Waals surface area contributed by atoms with Crippen molar-refractivity contribution in [1.29, 1.82) is 0 Å². The van der Waals surface area contributed by atoms with Gasteiger partial charge in [-0.25, -0.2) is 9.50 Å². The maximum Gasteiger partial charge on any atom is 0.259 e. The van der Waals surface area contributed by atoms with Crippen LogP contribution in [0.25, 0.3) is 5.65 Å². The van der Waals surface area contributed by atoms with Gasteiger partial charge in [-0.2, -0.15) is 5.10 Å². The highest BCUT2D eigenvalue weighted by Gasteiger charge is 2.26. The summed E-state index contributed by atoms with van der Waals surface area (Å²) < 4.78 is 6.99. The molecule has 1 saturated heterocycles. The first kappa shape index (κ1) is 18.8. The Bertz CT molecular complexity index is 739. The van der Waals surface area contributed by atoms with Crippen molar-refractivity contribution in [2.24, 2.45) is 5.92 Å². The number of aromatic nitrogens is 3. The van der Waals surface area contributed by atoms with Gasteiger partial charge in [-0.05, 0) is 31.8 Å². The molecule has 1 aliphatic heterocycles. The zero-order chi connectivity index (χ0) is 18.5. The van der Waals surface area contributed by atoms with Crippen molar-refractivity contribution in [3.63, 3.8) is 0 Å². The van der Waals surface area contributed by atoms with Crippen LogP contribution in [0.5, 0.6) is 0 Å². The molecule has 2 aromatic rings. The van der Waals surface area contributed by atoms with Crippen LogP contribution < -0.4 is 0 Å². The Labute approximate surface area is 154 Å². The Balaban J connectivity index is 1.77. The maximum atomic E-state index is 13.0. The van der Waals surface area contributed by atoms with Gasteiger partial charge in [0.2, 0.25) is 0 Å². The molecule has 0 spiro atoms. The molecule has 1 atom stereocenters. The third-order valence-electron chi connectivity index (χ3n) is 5.15. The van der Waals surface area contributed by atoms with Gasteiger partial charge in [0, 0.05) is 44.7 Å². The van der Waals surface area contributed by atoms with Gasteiger partial charge in [0.05, 0.1) is 12.8 Å². The number of nitrogens with zero attached hydrogens (tertiary/aromatic N) is 5. The Kier molecular flexibility index (Phi) is 6.21. The van der Waals surface area contributed by atoms with Gasteiger partial charge < -0.3 is 9.64 Å². The molecule has 0 aromatic carbocycles. The molecule has 2 aromatic heterocycles. The van der Waals surface area contributed by atoms with Gasteiger partial charge in [-0.15, -0.1) is 0 Å². The van der Waals surface area contributed by atoms with E-state index in [2.05, 4.69) is 28.8 Å². The molecule has 3 rings (SSSR count). The average molecular weight is 359 g/mol. The molecule has 0 N–H and O–H groups in total. The second-order valence-electron chi connectivity index (χ2n) is 6.96. The van der Waals surface area contributed by atoms with E-state index in [1.807, 2.05) is 17.3 Å². The fourth-order valence-electron chi connectivity index (χ4n) is 3.64. The predicted octanol–water partition coefficient (Wildman–Crippen LogP) is 2.07. The number of rotatable bonds is 7. The van der Waals surface area contributed by atoms with Crippen LogP contribution in [-0.4, -0.2) is 70.2 Å². The van der Waals surface area contributed by atoms with Crippen LogP contribution in [0, 0.1) is 5.92 Å². The number of methoxy groups -OCH3 is 1. The van der Waals surface area contributed by atoms with E-state index in [4.69, 9.17) is 4.74 Å². The van der Waals surface area contributed by atoms with E-state index in [0.29, 0.717) is 23.7 Å². The second-order valence-corrected chi connectivity index (χ2v) is 6.96. The number of hydrogen-bond acceptors (Lipinski definition) is 5. The molecule has 0 radical (unpaired) electrons. The standard InChI is InChI=1S/C19H29N5O2/c1-4-22(5-2)11-16-9-20-18-17(10-21-24(18)13-16)19(25)23-8-6-7-15(12-23)14-26-3/h9-10,13,15H,4-8,11-12,14H2,1-3H3. The van der Waals surface area contributed by atoms with Gasteiger partial charge in [0.25, 0.3) is 5.91 Å². The van der Waals surface area contributed by atoms with Gasteiger partial charge in [-0.1, -0.05) is 13.8 Å². The number of likely N-dealkylation sites (tertiary alicyclic amines) is 1. The third-order valence-corrected chi connectivity index (χ3v) is 5.15. The van der Waals surface area contributed by atoms with Crippen LogP contribution in [-0.2, 0) is 11.3 Å². The number of piperidine rings is 1. The lowest BCUT2D eigenvalue weighted by molar-refractivity contribution is 0.0572. The summed E-state index contributed by atoms with van der Waals surface area (Å²) in [5.41, 5.74) is 2.31. The summed E-state index contributed by atoms with van der Waals surface area (Å²) in [5, 5.41) is 4.37. The van der Waals surface area contributed by atoms with Crippen molar-refractivity contribution >= 4 is 11.6 Å². The lowest BCUT2D eigenvalue weighted by atomic mass is 9.98. The molecular formula is C19H29N5O2. The van der Waals surface area contributed by atoms with Gasteiger partial charge in [-0.3, -0.25) is 9.69 Å². The first-order chi connectivity index (χ1) is 12.7. The molecule has 7 nitrogen and oxygen atoms in total. The number of carbonyl (C=O) groups excluding carboxylic acids is 1. The summed E-state index contributed by atoms with van der Waals surface area (Å²) in [7, 11) is 1.71. The van der Waals surface area contributed by atoms with Crippen molar-refractivity contribution < 1.29 is 9.53 Å². The number of fused-ring (bicyclic) bond motifs is 1. The monoisotopic (exact) mass is 359 g/mol. The highest BCUT2D eigenvalue weighted by Crippen LogP contribution is 2.20. The lowest BCUT2D eigenvalue weighted by Crippen LogP contribution is -2.41. The van der Waals surface area contributed by atoms with Gasteiger partial charge >= 0.3 is 0 Å². The molecule has 1 unspecified atom stereocenters. The molecule has 0 bridgehead atoms. The maximum absolute atomic E-state index is 13.0. The highest BCUT2D eigenvalue weighted by atomic mass is 16.5. The van der Waals surface area contributed by atoms with Crippen LogP contribution in [0.4, 0.5) is 0 Å². The molecule has 0 saturated carbocycles. The average Bonchev–Trinajstić information content (AvgIpc) is 3.09. The number of carbonyl (C=O) groups is 1. The van der Waals surface area contributed by atoms with E-state index in [1.54, 1.807) is 17.8 Å². The number of ether oxygens (including phenoxy) is 1. The minimum Gasteiger partial charge on any atom is -0.384 e. The van der Waals surface area contributed by atoms with Crippen LogP contribution in [0.15, 0.2) is 18.6 Å². The Hall–Kier alpha value is -1.99. The van der Waals surface area contributed by atoms with Crippen molar-refractivity contribution in [2.45, 2.75) is 33.2 Å². The fourth-order valence-corrected chi connectivity index (χ4v) is 3.64. The summed E-state index contributed by atoms with van der Waals surface area (Å²) in [6.07, 6.45) is 7.60. The molecule has 0 aliphatic carbocycles. The van der Waals surface area contributed by atoms with E-state index in [1.165, 1.54) is 0 Å². The first-order valence-electron chi connectivity index (χ1n) is 9.49. The van der Waals surface area contributed by atoms with E-state index in [-0.39, 0.29) is 5.91 Å². The van der Waals surface area contributed by atoms with Gasteiger partial charge in [0.15, 0.2) is 5.65 Å². The largest absolute Gasteiger partial charge is 0.384 e. The van der Waals surface area contributed by atoms with Crippen LogP contribution in [0.2, 0.25) is 0 Å². The van der Waals surface area contributed by atoms with Crippen LogP contribution in [0.3, 0.4) is 0 Å². The normalized spacial score (nSPS) is 18.0. The summed E-state index contributed by atoms with van der Waals surface area (Å²) in [5.74, 6) is 0.429. The first-order valence-corrected chi connectivity index (χ1v) is 9.49. The number of hydrogen-bond donors (Lipinski definition) is 0. The fraction of sp³-hybridized carbons (Fsp3) is 0.632.